The zero-order valence-electron chi connectivity index (χ0n) is 6.30. The third-order valence-electron chi connectivity index (χ3n) is 2.21. The first-order valence-corrected chi connectivity index (χ1v) is 4.00. The molecule has 2 unspecified atom stereocenters. The number of hydrogen-bond acceptors (Lipinski definition) is 4. The minimum atomic E-state index is -0.117. The maximum atomic E-state index is 10.8. The monoisotopic (exact) mass is 156 g/mol. The number of esters is 1. The molecule has 0 saturated carbocycles. The third kappa shape index (κ3) is 1.36. The van der Waals surface area contributed by atoms with E-state index in [-0.39, 0.29) is 12.1 Å². The molecule has 0 aliphatic carbocycles. The van der Waals surface area contributed by atoms with Crippen molar-refractivity contribution in [2.75, 3.05) is 19.6 Å². The van der Waals surface area contributed by atoms with Gasteiger partial charge in [0.25, 0.3) is 0 Å². The number of morpholine rings is 1. The van der Waals surface area contributed by atoms with Crippen LogP contribution in [0.3, 0.4) is 0 Å². The molecule has 4 nitrogen and oxygen atoms in total. The lowest BCUT2D eigenvalue weighted by Crippen LogP contribution is -2.58. The molecule has 2 fully saturated rings. The molecule has 11 heavy (non-hydrogen) atoms. The van der Waals surface area contributed by atoms with Crippen LogP contribution in [0.15, 0.2) is 0 Å². The van der Waals surface area contributed by atoms with Crippen LogP contribution in [0.4, 0.5) is 0 Å². The highest BCUT2D eigenvalue weighted by atomic mass is 16.5. The van der Waals surface area contributed by atoms with Crippen LogP contribution in [0.5, 0.6) is 0 Å². The number of nitrogens with one attached hydrogen (secondary N) is 2. The molecule has 2 atom stereocenters. The summed E-state index contributed by atoms with van der Waals surface area (Å²) in [5.41, 5.74) is 0. The van der Waals surface area contributed by atoms with Crippen LogP contribution in [0, 0.1) is 0 Å². The summed E-state index contributed by atoms with van der Waals surface area (Å²) in [4.78, 5) is 10.8. The molecule has 0 amide bonds. The predicted octanol–water partition coefficient (Wildman–Crippen LogP) is -1.14. The minimum absolute atomic E-state index is 0.109. The van der Waals surface area contributed by atoms with Crippen molar-refractivity contribution < 1.29 is 9.53 Å². The van der Waals surface area contributed by atoms with E-state index in [0.717, 1.165) is 19.5 Å². The van der Waals surface area contributed by atoms with Crippen molar-refractivity contribution in [2.45, 2.75) is 18.6 Å². The summed E-state index contributed by atoms with van der Waals surface area (Å²) < 4.78 is 5.15. The van der Waals surface area contributed by atoms with E-state index in [2.05, 4.69) is 10.6 Å². The fraction of sp³-hybridized carbons (Fsp3) is 0.857. The molecular formula is C7H12N2O2. The lowest BCUT2D eigenvalue weighted by Gasteiger charge is -2.35. The average molecular weight is 156 g/mol. The molecule has 2 aliphatic heterocycles. The Labute approximate surface area is 65.3 Å². The lowest BCUT2D eigenvalue weighted by molar-refractivity contribution is -0.155. The van der Waals surface area contributed by atoms with E-state index in [1.165, 1.54) is 0 Å². The van der Waals surface area contributed by atoms with Crippen LogP contribution in [0.25, 0.3) is 0 Å². The predicted molar refractivity (Wildman–Crippen MR) is 39.2 cm³/mol. The fourth-order valence-corrected chi connectivity index (χ4v) is 1.60. The zero-order chi connectivity index (χ0) is 7.68. The number of carbonyl (C=O) groups excluding carboxylic acids is 1. The van der Waals surface area contributed by atoms with Crippen molar-refractivity contribution in [3.05, 3.63) is 0 Å². The maximum absolute atomic E-state index is 10.8. The van der Waals surface area contributed by atoms with Crippen molar-refractivity contribution in [3.8, 4) is 0 Å². The van der Waals surface area contributed by atoms with Gasteiger partial charge in [-0.05, 0) is 13.0 Å². The molecule has 2 heterocycles. The third-order valence-corrected chi connectivity index (χ3v) is 2.21. The van der Waals surface area contributed by atoms with E-state index < -0.39 is 0 Å². The summed E-state index contributed by atoms with van der Waals surface area (Å²) in [6, 6.07) is 0.335. The van der Waals surface area contributed by atoms with Gasteiger partial charge >= 0.3 is 5.97 Å². The van der Waals surface area contributed by atoms with Crippen LogP contribution in [0.2, 0.25) is 0 Å². The number of piperidine rings is 1. The number of hydrogen-bond donors (Lipinski definition) is 2. The smallest absolute Gasteiger partial charge is 0.320 e. The number of fused-ring (bicyclic) bond motifs is 1. The Hall–Kier alpha value is -0.610. The Kier molecular flexibility index (Phi) is 1.79. The largest absolute Gasteiger partial charge is 0.460 e. The molecule has 2 N–H and O–H groups in total. The van der Waals surface area contributed by atoms with E-state index in [9.17, 15) is 4.79 Å². The second-order valence-electron chi connectivity index (χ2n) is 3.01. The molecule has 0 aromatic heterocycles. The average Bonchev–Trinajstić information content (AvgIpc) is 2.04. The maximum Gasteiger partial charge on any atom is 0.320 e. The Morgan fingerprint density at radius 3 is 3.36 bits per heavy atom. The molecule has 0 bridgehead atoms. The van der Waals surface area contributed by atoms with Gasteiger partial charge in [-0.1, -0.05) is 0 Å². The van der Waals surface area contributed by atoms with E-state index in [1.807, 2.05) is 0 Å². The molecule has 2 saturated heterocycles. The fourth-order valence-electron chi connectivity index (χ4n) is 1.60. The molecule has 2 rings (SSSR count). The topological polar surface area (TPSA) is 50.4 Å². The van der Waals surface area contributed by atoms with Crippen molar-refractivity contribution in [1.82, 2.24) is 10.6 Å². The highest BCUT2D eigenvalue weighted by molar-refractivity contribution is 5.72. The Morgan fingerprint density at radius 1 is 1.55 bits per heavy atom. The van der Waals surface area contributed by atoms with Gasteiger partial charge in [0.1, 0.15) is 6.10 Å². The van der Waals surface area contributed by atoms with Crippen molar-refractivity contribution in [2.24, 2.45) is 0 Å². The number of ether oxygens (including phenoxy) is 1. The van der Waals surface area contributed by atoms with Gasteiger partial charge in [0.05, 0.1) is 12.6 Å². The van der Waals surface area contributed by atoms with E-state index in [1.54, 1.807) is 0 Å². The van der Waals surface area contributed by atoms with E-state index in [0.29, 0.717) is 12.6 Å². The van der Waals surface area contributed by atoms with Gasteiger partial charge in [0.2, 0.25) is 0 Å². The second-order valence-corrected chi connectivity index (χ2v) is 3.01. The summed E-state index contributed by atoms with van der Waals surface area (Å²) in [7, 11) is 0. The van der Waals surface area contributed by atoms with E-state index >= 15 is 0 Å². The van der Waals surface area contributed by atoms with Crippen LogP contribution in [0.1, 0.15) is 6.42 Å². The Bertz CT molecular complexity index is 172. The van der Waals surface area contributed by atoms with Crippen molar-refractivity contribution >= 4 is 5.97 Å². The lowest BCUT2D eigenvalue weighted by atomic mass is 10.0. The molecule has 4 heteroatoms. The van der Waals surface area contributed by atoms with Gasteiger partial charge in [-0.15, -0.1) is 0 Å². The van der Waals surface area contributed by atoms with Crippen LogP contribution in [-0.2, 0) is 9.53 Å². The van der Waals surface area contributed by atoms with Gasteiger partial charge in [-0.3, -0.25) is 10.1 Å². The van der Waals surface area contributed by atoms with Gasteiger partial charge in [0.15, 0.2) is 0 Å². The highest BCUT2D eigenvalue weighted by Gasteiger charge is 2.31. The molecular weight excluding hydrogens is 144 g/mol. The van der Waals surface area contributed by atoms with Crippen molar-refractivity contribution in [1.29, 1.82) is 0 Å². The van der Waals surface area contributed by atoms with Gasteiger partial charge < -0.3 is 10.1 Å². The molecule has 0 aromatic carbocycles. The van der Waals surface area contributed by atoms with Crippen molar-refractivity contribution in [3.63, 3.8) is 0 Å². The molecule has 0 spiro atoms. The summed E-state index contributed by atoms with van der Waals surface area (Å²) >= 11 is 0. The summed E-state index contributed by atoms with van der Waals surface area (Å²) in [5.74, 6) is -0.117. The SMILES string of the molecule is O=C1CNC2CNCCC2O1. The quantitative estimate of drug-likeness (QED) is 0.435. The zero-order valence-corrected chi connectivity index (χ0v) is 6.30. The standard InChI is InChI=1S/C7H12N2O2/c10-7-4-9-5-3-8-2-1-6(5)11-7/h5-6,8-9H,1-4H2. The first-order chi connectivity index (χ1) is 5.36. The minimum Gasteiger partial charge on any atom is -0.460 e. The molecule has 0 radical (unpaired) electrons. The first kappa shape index (κ1) is 7.06. The number of carbonyl (C=O) groups is 1. The van der Waals surface area contributed by atoms with Gasteiger partial charge in [-0.25, -0.2) is 0 Å². The van der Waals surface area contributed by atoms with Crippen LogP contribution in [-0.4, -0.2) is 37.7 Å². The van der Waals surface area contributed by atoms with Crippen LogP contribution >= 0.6 is 0 Å². The van der Waals surface area contributed by atoms with E-state index in [4.69, 9.17) is 4.74 Å². The van der Waals surface area contributed by atoms with Crippen LogP contribution < -0.4 is 10.6 Å². The molecule has 62 valence electrons. The van der Waals surface area contributed by atoms with Gasteiger partial charge in [0, 0.05) is 6.54 Å². The Balaban J connectivity index is 1.98. The molecule has 2 aliphatic rings. The number of rotatable bonds is 0. The summed E-state index contributed by atoms with van der Waals surface area (Å²) in [6.07, 6.45) is 1.04. The molecule has 0 aromatic rings. The highest BCUT2D eigenvalue weighted by Crippen LogP contribution is 2.11. The normalized spacial score (nSPS) is 37.6. The summed E-state index contributed by atoms with van der Waals surface area (Å²) in [5, 5.41) is 6.38. The first-order valence-electron chi connectivity index (χ1n) is 4.00. The summed E-state index contributed by atoms with van der Waals surface area (Å²) in [6.45, 7) is 2.23. The van der Waals surface area contributed by atoms with Gasteiger partial charge in [-0.2, -0.15) is 0 Å². The second kappa shape index (κ2) is 2.79. The Morgan fingerprint density at radius 2 is 2.45 bits per heavy atom.